The van der Waals surface area contributed by atoms with E-state index in [1.807, 2.05) is 0 Å². The third-order valence-corrected chi connectivity index (χ3v) is 1.63. The van der Waals surface area contributed by atoms with Crippen molar-refractivity contribution in [2.75, 3.05) is 0 Å². The van der Waals surface area contributed by atoms with Gasteiger partial charge < -0.3 is 5.73 Å². The Bertz CT molecular complexity index is 379. The summed E-state index contributed by atoms with van der Waals surface area (Å²) in [6, 6.07) is 1.55. The number of benzene rings is 1. The number of hydrogen-bond acceptors (Lipinski definition) is 1. The highest BCUT2D eigenvalue weighted by molar-refractivity contribution is 5.28. The van der Waals surface area contributed by atoms with Crippen LogP contribution < -0.4 is 5.73 Å². The number of hydrogen-bond donors (Lipinski definition) is 1. The zero-order valence-electron chi connectivity index (χ0n) is 9.60. The van der Waals surface area contributed by atoms with E-state index in [4.69, 9.17) is 9.85 Å². The molecule has 72 valence electrons. The first-order valence-corrected chi connectivity index (χ1v) is 3.57. The number of rotatable bonds is 2. The highest BCUT2D eigenvalue weighted by atomic mass is 19.3. The normalized spacial score (nSPS) is 17.8. The molecular formula is C9H10F3N. The van der Waals surface area contributed by atoms with Crippen LogP contribution in [0.4, 0.5) is 13.2 Å². The summed E-state index contributed by atoms with van der Waals surface area (Å²) in [6.45, 7) is -2.62. The first-order valence-electron chi connectivity index (χ1n) is 5.07. The lowest BCUT2D eigenvalue weighted by Gasteiger charge is -2.09. The van der Waals surface area contributed by atoms with Crippen LogP contribution in [0.25, 0.3) is 0 Å². The third-order valence-electron chi connectivity index (χ3n) is 1.63. The fraction of sp³-hybridized carbons (Fsp3) is 0.333. The Morgan fingerprint density at radius 1 is 1.38 bits per heavy atom. The molecule has 0 radical (unpaired) electrons. The zero-order valence-corrected chi connectivity index (χ0v) is 6.60. The van der Waals surface area contributed by atoms with E-state index in [0.717, 1.165) is 18.2 Å². The fourth-order valence-corrected chi connectivity index (χ4v) is 0.977. The molecule has 4 heteroatoms. The maximum atomic E-state index is 13.5. The second kappa shape index (κ2) is 3.79. The molecule has 2 N–H and O–H groups in total. The van der Waals surface area contributed by atoms with Gasteiger partial charge >= 0.3 is 0 Å². The molecule has 0 saturated heterocycles. The molecule has 0 aliphatic rings. The van der Waals surface area contributed by atoms with E-state index < -0.39 is 36.3 Å². The molecule has 1 aromatic carbocycles. The predicted molar refractivity (Wildman–Crippen MR) is 44.0 cm³/mol. The van der Waals surface area contributed by atoms with E-state index >= 15 is 0 Å². The predicted octanol–water partition coefficient (Wildman–Crippen LogP) is 2.78. The van der Waals surface area contributed by atoms with Crippen LogP contribution in [0.2, 0.25) is 0 Å². The van der Waals surface area contributed by atoms with Gasteiger partial charge in [-0.2, -0.15) is 0 Å². The largest absolute Gasteiger partial charge is 0.324 e. The highest BCUT2D eigenvalue weighted by Gasteiger charge is 2.17. The lowest BCUT2D eigenvalue weighted by atomic mass is 10.0. The Kier molecular flexibility index (Phi) is 1.87. The van der Waals surface area contributed by atoms with Crippen molar-refractivity contribution in [1.82, 2.24) is 0 Å². The van der Waals surface area contributed by atoms with Gasteiger partial charge in [0.05, 0.1) is 5.56 Å². The molecule has 0 bridgehead atoms. The van der Waals surface area contributed by atoms with Crippen molar-refractivity contribution in [3.05, 3.63) is 35.1 Å². The Labute approximate surface area is 78.6 Å². The first kappa shape index (κ1) is 6.43. The minimum atomic E-state index is -3.00. The molecule has 0 heterocycles. The second-order valence-electron chi connectivity index (χ2n) is 2.53. The van der Waals surface area contributed by atoms with Gasteiger partial charge in [-0.25, -0.2) is 13.2 Å². The summed E-state index contributed by atoms with van der Waals surface area (Å²) < 4.78 is 59.2. The van der Waals surface area contributed by atoms with Crippen LogP contribution in [0.15, 0.2) is 18.2 Å². The molecule has 1 nitrogen and oxygen atoms in total. The molecule has 0 fully saturated rings. The SMILES string of the molecule is [2H]C([2H])([2H])C(N)c1cccc(C(F)F)c1F. The van der Waals surface area contributed by atoms with Crippen LogP contribution >= 0.6 is 0 Å². The molecule has 0 saturated carbocycles. The Morgan fingerprint density at radius 3 is 2.54 bits per heavy atom. The van der Waals surface area contributed by atoms with E-state index in [0.29, 0.717) is 0 Å². The fourth-order valence-electron chi connectivity index (χ4n) is 0.977. The quantitative estimate of drug-likeness (QED) is 0.766. The Hall–Kier alpha value is -1.03. The van der Waals surface area contributed by atoms with Gasteiger partial charge in [0.15, 0.2) is 0 Å². The van der Waals surface area contributed by atoms with E-state index in [-0.39, 0.29) is 0 Å². The van der Waals surface area contributed by atoms with Gasteiger partial charge in [0.25, 0.3) is 6.43 Å². The molecule has 1 unspecified atom stereocenters. The van der Waals surface area contributed by atoms with Gasteiger partial charge in [-0.05, 0) is 6.85 Å². The second-order valence-corrected chi connectivity index (χ2v) is 2.53. The molecule has 13 heavy (non-hydrogen) atoms. The molecule has 0 spiro atoms. The lowest BCUT2D eigenvalue weighted by Crippen LogP contribution is -2.09. The summed E-state index contributed by atoms with van der Waals surface area (Å²) in [5.74, 6) is -1.25. The summed E-state index contributed by atoms with van der Waals surface area (Å²) in [4.78, 5) is 0. The maximum absolute atomic E-state index is 13.5. The summed E-state index contributed by atoms with van der Waals surface area (Å²) in [6.07, 6.45) is -3.00. The number of alkyl halides is 2. The van der Waals surface area contributed by atoms with Crippen LogP contribution in [0.1, 0.15) is 34.6 Å². The zero-order chi connectivity index (χ0) is 12.5. The van der Waals surface area contributed by atoms with Crippen molar-refractivity contribution in [2.45, 2.75) is 19.3 Å². The molecule has 0 amide bonds. The highest BCUT2D eigenvalue weighted by Crippen LogP contribution is 2.26. The van der Waals surface area contributed by atoms with Gasteiger partial charge in [0, 0.05) is 15.7 Å². The summed E-state index contributed by atoms with van der Waals surface area (Å²) in [7, 11) is 0. The maximum Gasteiger partial charge on any atom is 0.266 e. The third kappa shape index (κ3) is 2.01. The average Bonchev–Trinajstić information content (AvgIpc) is 2.15. The van der Waals surface area contributed by atoms with Crippen LogP contribution in [0, 0.1) is 5.82 Å². The minimum Gasteiger partial charge on any atom is -0.324 e. The van der Waals surface area contributed by atoms with Gasteiger partial charge in [0.2, 0.25) is 0 Å². The standard InChI is InChI=1S/C9H10F3N/c1-5(13)6-3-2-4-7(8(6)10)9(11)12/h2-5,9H,13H2,1H3/i1D3. The van der Waals surface area contributed by atoms with Crippen LogP contribution in [0.3, 0.4) is 0 Å². The topological polar surface area (TPSA) is 26.0 Å². The summed E-state index contributed by atoms with van der Waals surface area (Å²) in [5, 5.41) is 0. The molecule has 0 aromatic heterocycles. The van der Waals surface area contributed by atoms with Crippen molar-refractivity contribution >= 4 is 0 Å². The molecule has 1 aromatic rings. The Morgan fingerprint density at radius 2 is 2.00 bits per heavy atom. The van der Waals surface area contributed by atoms with E-state index in [1.54, 1.807) is 0 Å². The van der Waals surface area contributed by atoms with Crippen molar-refractivity contribution in [2.24, 2.45) is 5.73 Å². The molecule has 0 aliphatic heterocycles. The van der Waals surface area contributed by atoms with Crippen molar-refractivity contribution in [3.63, 3.8) is 0 Å². The average molecular weight is 192 g/mol. The number of halogens is 3. The van der Waals surface area contributed by atoms with Gasteiger partial charge in [-0.15, -0.1) is 0 Å². The first-order chi connectivity index (χ1) is 7.25. The van der Waals surface area contributed by atoms with Crippen molar-refractivity contribution in [3.8, 4) is 0 Å². The van der Waals surface area contributed by atoms with Crippen molar-refractivity contribution in [1.29, 1.82) is 0 Å². The molecular weight excluding hydrogens is 179 g/mol. The van der Waals surface area contributed by atoms with Crippen LogP contribution in [-0.4, -0.2) is 0 Å². The van der Waals surface area contributed by atoms with Crippen LogP contribution in [-0.2, 0) is 0 Å². The summed E-state index contributed by atoms with van der Waals surface area (Å²) >= 11 is 0. The lowest BCUT2D eigenvalue weighted by molar-refractivity contribution is 0.146. The molecule has 0 aliphatic carbocycles. The van der Waals surface area contributed by atoms with Gasteiger partial charge in [-0.1, -0.05) is 18.2 Å². The van der Waals surface area contributed by atoms with Gasteiger partial charge in [0.1, 0.15) is 5.82 Å². The minimum absolute atomic E-state index is 0.419. The smallest absolute Gasteiger partial charge is 0.266 e. The summed E-state index contributed by atoms with van der Waals surface area (Å²) in [5.41, 5.74) is 4.04. The number of nitrogens with two attached hydrogens (primary N) is 1. The van der Waals surface area contributed by atoms with E-state index in [9.17, 15) is 13.2 Å². The van der Waals surface area contributed by atoms with Crippen LogP contribution in [0.5, 0.6) is 0 Å². The molecule has 1 atom stereocenters. The molecule has 1 rings (SSSR count). The van der Waals surface area contributed by atoms with Crippen molar-refractivity contribution < 1.29 is 17.3 Å². The van der Waals surface area contributed by atoms with E-state index in [2.05, 4.69) is 0 Å². The monoisotopic (exact) mass is 192 g/mol. The Balaban J connectivity index is 3.21. The van der Waals surface area contributed by atoms with Gasteiger partial charge in [-0.3, -0.25) is 0 Å². The van der Waals surface area contributed by atoms with E-state index in [1.165, 1.54) is 0 Å².